The molecule has 26 heavy (non-hydrogen) atoms. The van der Waals surface area contributed by atoms with Crippen LogP contribution in [0.4, 0.5) is 11.4 Å². The lowest BCUT2D eigenvalue weighted by Gasteiger charge is -2.19. The van der Waals surface area contributed by atoms with Crippen LogP contribution in [-0.4, -0.2) is 18.4 Å². The van der Waals surface area contributed by atoms with Crippen molar-refractivity contribution < 1.29 is 9.59 Å². The minimum Gasteiger partial charge on any atom is -0.322 e. The van der Waals surface area contributed by atoms with Crippen molar-refractivity contribution in [1.82, 2.24) is 0 Å². The molecule has 4 heteroatoms. The normalized spacial score (nSPS) is 13.5. The molecule has 1 heterocycles. The summed E-state index contributed by atoms with van der Waals surface area (Å²) in [6.45, 7) is 9.06. The Bertz CT molecular complexity index is 832. The van der Waals surface area contributed by atoms with Crippen molar-refractivity contribution in [3.8, 4) is 0 Å². The molecular formula is C22H26N2O2. The Kier molecular flexibility index (Phi) is 4.86. The molecular weight excluding hydrogens is 324 g/mol. The SMILES string of the molecule is CCC(=O)N1CCc2cc(C(=O)Nc3ccc(C(C)(C)C)cc3)ccc21. The predicted molar refractivity (Wildman–Crippen MR) is 106 cm³/mol. The van der Waals surface area contributed by atoms with Gasteiger partial charge in [-0.05, 0) is 53.3 Å². The molecule has 3 rings (SSSR count). The average molecular weight is 350 g/mol. The summed E-state index contributed by atoms with van der Waals surface area (Å²) < 4.78 is 0. The molecule has 4 nitrogen and oxygen atoms in total. The number of rotatable bonds is 3. The molecule has 136 valence electrons. The number of carbonyl (C=O) groups is 2. The molecule has 0 fully saturated rings. The first kappa shape index (κ1) is 18.2. The lowest BCUT2D eigenvalue weighted by molar-refractivity contribution is -0.118. The number of nitrogens with one attached hydrogen (secondary N) is 1. The maximum atomic E-state index is 12.6. The Morgan fingerprint density at radius 2 is 1.77 bits per heavy atom. The molecule has 0 spiro atoms. The molecule has 0 radical (unpaired) electrons. The van der Waals surface area contributed by atoms with E-state index in [-0.39, 0.29) is 17.2 Å². The fraction of sp³-hybridized carbons (Fsp3) is 0.364. The zero-order valence-electron chi connectivity index (χ0n) is 15.9. The second-order valence-corrected chi connectivity index (χ2v) is 7.77. The van der Waals surface area contributed by atoms with Gasteiger partial charge in [0.15, 0.2) is 0 Å². The van der Waals surface area contributed by atoms with Gasteiger partial charge in [-0.25, -0.2) is 0 Å². The van der Waals surface area contributed by atoms with E-state index < -0.39 is 0 Å². The lowest BCUT2D eigenvalue weighted by atomic mass is 9.87. The highest BCUT2D eigenvalue weighted by Crippen LogP contribution is 2.30. The molecule has 0 atom stereocenters. The van der Waals surface area contributed by atoms with E-state index in [1.165, 1.54) is 5.56 Å². The first-order chi connectivity index (χ1) is 12.3. The van der Waals surface area contributed by atoms with E-state index in [0.717, 1.165) is 23.4 Å². The highest BCUT2D eigenvalue weighted by molar-refractivity contribution is 6.05. The number of anilines is 2. The molecule has 0 saturated heterocycles. The Labute approximate surface area is 155 Å². The zero-order valence-corrected chi connectivity index (χ0v) is 15.9. The highest BCUT2D eigenvalue weighted by Gasteiger charge is 2.24. The van der Waals surface area contributed by atoms with Crippen LogP contribution < -0.4 is 10.2 Å². The molecule has 2 aromatic carbocycles. The second-order valence-electron chi connectivity index (χ2n) is 7.77. The van der Waals surface area contributed by atoms with E-state index in [0.29, 0.717) is 18.5 Å². The van der Waals surface area contributed by atoms with Crippen LogP contribution >= 0.6 is 0 Å². The first-order valence-corrected chi connectivity index (χ1v) is 9.15. The third kappa shape index (κ3) is 3.64. The van der Waals surface area contributed by atoms with Crippen molar-refractivity contribution in [1.29, 1.82) is 0 Å². The number of benzene rings is 2. The second kappa shape index (κ2) is 6.94. The van der Waals surface area contributed by atoms with Gasteiger partial charge in [0.05, 0.1) is 0 Å². The highest BCUT2D eigenvalue weighted by atomic mass is 16.2. The molecule has 2 amide bonds. The van der Waals surface area contributed by atoms with Crippen molar-refractivity contribution in [2.75, 3.05) is 16.8 Å². The Balaban J connectivity index is 1.74. The van der Waals surface area contributed by atoms with E-state index in [2.05, 4.69) is 26.1 Å². The van der Waals surface area contributed by atoms with Gasteiger partial charge in [0.1, 0.15) is 0 Å². The van der Waals surface area contributed by atoms with Gasteiger partial charge in [0.25, 0.3) is 5.91 Å². The summed E-state index contributed by atoms with van der Waals surface area (Å²) >= 11 is 0. The number of fused-ring (bicyclic) bond motifs is 1. The number of amides is 2. The number of carbonyl (C=O) groups excluding carboxylic acids is 2. The van der Waals surface area contributed by atoms with Gasteiger partial charge in [0.2, 0.25) is 5.91 Å². The Morgan fingerprint density at radius 1 is 1.08 bits per heavy atom. The van der Waals surface area contributed by atoms with Crippen LogP contribution in [0.3, 0.4) is 0 Å². The van der Waals surface area contributed by atoms with E-state index in [4.69, 9.17) is 0 Å². The van der Waals surface area contributed by atoms with Crippen LogP contribution in [0.5, 0.6) is 0 Å². The number of hydrogen-bond acceptors (Lipinski definition) is 2. The van der Waals surface area contributed by atoms with Crippen LogP contribution in [0.25, 0.3) is 0 Å². The number of nitrogens with zero attached hydrogens (tertiary/aromatic N) is 1. The molecule has 2 aromatic rings. The van der Waals surface area contributed by atoms with Crippen molar-refractivity contribution in [3.05, 3.63) is 59.2 Å². The molecule has 0 aromatic heterocycles. The maximum absolute atomic E-state index is 12.6. The van der Waals surface area contributed by atoms with Crippen LogP contribution in [0, 0.1) is 0 Å². The molecule has 0 bridgehead atoms. The van der Waals surface area contributed by atoms with Gasteiger partial charge in [-0.15, -0.1) is 0 Å². The van der Waals surface area contributed by atoms with E-state index in [9.17, 15) is 9.59 Å². The lowest BCUT2D eigenvalue weighted by Crippen LogP contribution is -2.27. The summed E-state index contributed by atoms with van der Waals surface area (Å²) in [4.78, 5) is 26.4. The standard InChI is InChI=1S/C22H26N2O2/c1-5-20(25)24-13-12-15-14-16(6-11-19(15)24)21(26)23-18-9-7-17(8-10-18)22(2,3)4/h6-11,14H,5,12-13H2,1-4H3,(H,23,26). The van der Waals surface area contributed by atoms with E-state index in [1.54, 1.807) is 6.07 Å². The zero-order chi connectivity index (χ0) is 18.9. The summed E-state index contributed by atoms with van der Waals surface area (Å²) in [6, 6.07) is 13.5. The topological polar surface area (TPSA) is 49.4 Å². The molecule has 1 aliphatic heterocycles. The smallest absolute Gasteiger partial charge is 0.255 e. The van der Waals surface area contributed by atoms with Crippen molar-refractivity contribution in [2.24, 2.45) is 0 Å². The minimum absolute atomic E-state index is 0.0876. The monoisotopic (exact) mass is 350 g/mol. The average Bonchev–Trinajstić information content (AvgIpc) is 3.04. The molecule has 0 saturated carbocycles. The van der Waals surface area contributed by atoms with Crippen LogP contribution in [0.2, 0.25) is 0 Å². The summed E-state index contributed by atoms with van der Waals surface area (Å²) in [5.41, 5.74) is 4.71. The van der Waals surface area contributed by atoms with Crippen molar-refractivity contribution in [3.63, 3.8) is 0 Å². The third-order valence-corrected chi connectivity index (χ3v) is 4.85. The van der Waals surface area contributed by atoms with Crippen LogP contribution in [-0.2, 0) is 16.6 Å². The third-order valence-electron chi connectivity index (χ3n) is 4.85. The van der Waals surface area contributed by atoms with Gasteiger partial charge >= 0.3 is 0 Å². The van der Waals surface area contributed by atoms with Crippen molar-refractivity contribution in [2.45, 2.75) is 46.0 Å². The van der Waals surface area contributed by atoms with Crippen LogP contribution in [0.1, 0.15) is 55.6 Å². The first-order valence-electron chi connectivity index (χ1n) is 9.15. The molecule has 0 unspecified atom stereocenters. The summed E-state index contributed by atoms with van der Waals surface area (Å²) in [7, 11) is 0. The van der Waals surface area contributed by atoms with Crippen molar-refractivity contribution >= 4 is 23.2 Å². The Hall–Kier alpha value is -2.62. The van der Waals surface area contributed by atoms with Gasteiger partial charge in [0, 0.05) is 29.9 Å². The largest absolute Gasteiger partial charge is 0.322 e. The van der Waals surface area contributed by atoms with E-state index in [1.807, 2.05) is 48.2 Å². The molecule has 1 N–H and O–H groups in total. The van der Waals surface area contributed by atoms with Gasteiger partial charge in [-0.1, -0.05) is 39.8 Å². The molecule has 0 aliphatic carbocycles. The van der Waals surface area contributed by atoms with Gasteiger partial charge in [-0.2, -0.15) is 0 Å². The minimum atomic E-state index is -0.128. The Morgan fingerprint density at radius 3 is 2.38 bits per heavy atom. The van der Waals surface area contributed by atoms with Crippen LogP contribution in [0.15, 0.2) is 42.5 Å². The quantitative estimate of drug-likeness (QED) is 0.884. The predicted octanol–water partition coefficient (Wildman–Crippen LogP) is 4.54. The summed E-state index contributed by atoms with van der Waals surface area (Å²) in [5, 5.41) is 2.95. The van der Waals surface area contributed by atoms with Gasteiger partial charge in [-0.3, -0.25) is 9.59 Å². The molecule has 1 aliphatic rings. The van der Waals surface area contributed by atoms with Gasteiger partial charge < -0.3 is 10.2 Å². The number of hydrogen-bond donors (Lipinski definition) is 1. The fourth-order valence-corrected chi connectivity index (χ4v) is 3.25. The summed E-state index contributed by atoms with van der Waals surface area (Å²) in [5.74, 6) is -0.00327. The maximum Gasteiger partial charge on any atom is 0.255 e. The van der Waals surface area contributed by atoms with E-state index >= 15 is 0 Å². The summed E-state index contributed by atoms with van der Waals surface area (Å²) in [6.07, 6.45) is 1.29. The fourth-order valence-electron chi connectivity index (χ4n) is 3.25.